The van der Waals surface area contributed by atoms with Gasteiger partial charge in [0, 0.05) is 0 Å². The standard InChI is InChI=1S/C4HCl2NS5/c5-1-2-4(7-3(1)6)9-11-12-10-8-2/h7H. The molecular weight excluding hydrogens is 293 g/mol. The average molecular weight is 294 g/mol. The summed E-state index contributed by atoms with van der Waals surface area (Å²) in [4.78, 5) is 4.08. The predicted molar refractivity (Wildman–Crippen MR) is 65.3 cm³/mol. The second-order valence-electron chi connectivity index (χ2n) is 1.78. The number of aromatic nitrogens is 1. The maximum absolute atomic E-state index is 5.97. The van der Waals surface area contributed by atoms with E-state index in [1.54, 1.807) is 51.1 Å². The number of aromatic amines is 1. The lowest BCUT2D eigenvalue weighted by Crippen LogP contribution is -1.65. The first-order chi connectivity index (χ1) is 5.79. The van der Waals surface area contributed by atoms with Crippen molar-refractivity contribution in [1.82, 2.24) is 4.98 Å². The zero-order valence-electron chi connectivity index (χ0n) is 5.30. The number of hydrogen-bond donors (Lipinski definition) is 1. The number of halogens is 2. The van der Waals surface area contributed by atoms with Crippen molar-refractivity contribution in [3.05, 3.63) is 10.2 Å². The molecule has 1 aromatic heterocycles. The Labute approximate surface area is 98.5 Å². The van der Waals surface area contributed by atoms with Gasteiger partial charge in [0.1, 0.15) is 10.2 Å². The van der Waals surface area contributed by atoms with Gasteiger partial charge in [-0.15, -0.1) is 0 Å². The van der Waals surface area contributed by atoms with Gasteiger partial charge in [-0.05, 0) is 51.1 Å². The van der Waals surface area contributed by atoms with Crippen LogP contribution >= 0.6 is 74.3 Å². The van der Waals surface area contributed by atoms with Crippen molar-refractivity contribution in [3.63, 3.8) is 0 Å². The van der Waals surface area contributed by atoms with Crippen LogP contribution in [0.5, 0.6) is 0 Å². The van der Waals surface area contributed by atoms with Crippen LogP contribution in [0.1, 0.15) is 0 Å². The Hall–Kier alpha value is 1.61. The van der Waals surface area contributed by atoms with Gasteiger partial charge >= 0.3 is 0 Å². The molecule has 0 saturated heterocycles. The fourth-order valence-electron chi connectivity index (χ4n) is 0.651. The molecule has 0 unspecified atom stereocenters. The highest BCUT2D eigenvalue weighted by atomic mass is 35.5. The van der Waals surface area contributed by atoms with Crippen molar-refractivity contribution in [2.45, 2.75) is 9.92 Å². The van der Waals surface area contributed by atoms with Crippen molar-refractivity contribution in [2.24, 2.45) is 0 Å². The molecule has 2 heterocycles. The summed E-state index contributed by atoms with van der Waals surface area (Å²) in [6, 6.07) is 0. The zero-order chi connectivity index (χ0) is 8.55. The van der Waals surface area contributed by atoms with Crippen molar-refractivity contribution in [2.75, 3.05) is 0 Å². The maximum atomic E-state index is 5.97. The largest absolute Gasteiger partial charge is 0.338 e. The number of H-pyrrole nitrogens is 1. The number of hydrogen-bond acceptors (Lipinski definition) is 5. The van der Waals surface area contributed by atoms with E-state index < -0.39 is 0 Å². The zero-order valence-corrected chi connectivity index (χ0v) is 10.9. The van der Waals surface area contributed by atoms with Crippen LogP contribution in [-0.2, 0) is 0 Å². The minimum Gasteiger partial charge on any atom is -0.338 e. The molecule has 0 spiro atoms. The van der Waals surface area contributed by atoms with Crippen LogP contribution in [0.2, 0.25) is 10.2 Å². The Morgan fingerprint density at radius 2 is 1.75 bits per heavy atom. The summed E-state index contributed by atoms with van der Waals surface area (Å²) in [6.07, 6.45) is 0. The lowest BCUT2D eigenvalue weighted by atomic mass is 10.6. The van der Waals surface area contributed by atoms with Crippen LogP contribution in [0.15, 0.2) is 9.92 Å². The second-order valence-corrected chi connectivity index (χ2v) is 9.99. The molecule has 0 fully saturated rings. The molecular formula is C4HCl2NS5. The molecule has 0 saturated carbocycles. The van der Waals surface area contributed by atoms with E-state index in [-0.39, 0.29) is 0 Å². The fourth-order valence-corrected chi connectivity index (χ4v) is 10.2. The molecule has 0 radical (unpaired) electrons. The van der Waals surface area contributed by atoms with Gasteiger partial charge in [-0.2, -0.15) is 0 Å². The van der Waals surface area contributed by atoms with Crippen LogP contribution in [0.3, 0.4) is 0 Å². The summed E-state index contributed by atoms with van der Waals surface area (Å²) >= 11 is 11.8. The summed E-state index contributed by atoms with van der Waals surface area (Å²) in [6.45, 7) is 0. The number of rotatable bonds is 0. The summed E-state index contributed by atoms with van der Waals surface area (Å²) in [5.41, 5.74) is 0. The van der Waals surface area contributed by atoms with Crippen molar-refractivity contribution >= 4 is 74.3 Å². The Morgan fingerprint density at radius 3 is 2.58 bits per heavy atom. The topological polar surface area (TPSA) is 15.8 Å². The quantitative estimate of drug-likeness (QED) is 0.644. The predicted octanol–water partition coefficient (Wildman–Crippen LogP) is 5.38. The highest BCUT2D eigenvalue weighted by Crippen LogP contribution is 2.61. The molecule has 0 atom stereocenters. The summed E-state index contributed by atoms with van der Waals surface area (Å²) in [5, 5.41) is 2.23. The molecule has 0 bridgehead atoms. The van der Waals surface area contributed by atoms with E-state index in [0.717, 1.165) is 9.92 Å². The monoisotopic (exact) mass is 293 g/mol. The third-order valence-electron chi connectivity index (χ3n) is 1.11. The SMILES string of the molecule is Clc1[nH]c2c(c1Cl)SSSSS2. The number of nitrogens with one attached hydrogen (secondary N) is 1. The molecule has 2 rings (SSSR count). The van der Waals surface area contributed by atoms with Gasteiger partial charge in [0.2, 0.25) is 0 Å². The van der Waals surface area contributed by atoms with E-state index in [0.29, 0.717) is 10.2 Å². The molecule has 12 heavy (non-hydrogen) atoms. The first kappa shape index (κ1) is 10.1. The maximum Gasteiger partial charge on any atom is 0.127 e. The summed E-state index contributed by atoms with van der Waals surface area (Å²) in [7, 11) is 8.44. The molecule has 1 aromatic rings. The molecule has 0 aliphatic carbocycles. The Kier molecular flexibility index (Phi) is 3.73. The van der Waals surface area contributed by atoms with Crippen LogP contribution < -0.4 is 0 Å². The van der Waals surface area contributed by atoms with Gasteiger partial charge in [-0.1, -0.05) is 23.2 Å². The van der Waals surface area contributed by atoms with Crippen LogP contribution in [-0.4, -0.2) is 4.98 Å². The molecule has 1 N–H and O–H groups in total. The van der Waals surface area contributed by atoms with E-state index in [4.69, 9.17) is 23.2 Å². The molecule has 8 heteroatoms. The van der Waals surface area contributed by atoms with Crippen LogP contribution in [0.25, 0.3) is 0 Å². The third kappa shape index (κ3) is 1.99. The van der Waals surface area contributed by atoms with Crippen molar-refractivity contribution in [3.8, 4) is 0 Å². The smallest absolute Gasteiger partial charge is 0.127 e. The van der Waals surface area contributed by atoms with Gasteiger partial charge in [0.25, 0.3) is 0 Å². The average Bonchev–Trinajstić information content (AvgIpc) is 2.30. The van der Waals surface area contributed by atoms with Crippen LogP contribution in [0, 0.1) is 0 Å². The van der Waals surface area contributed by atoms with Gasteiger partial charge < -0.3 is 4.98 Å². The van der Waals surface area contributed by atoms with Crippen molar-refractivity contribution < 1.29 is 0 Å². The minimum absolute atomic E-state index is 0.537. The summed E-state index contributed by atoms with van der Waals surface area (Å²) < 4.78 is 0. The third-order valence-corrected chi connectivity index (χ3v) is 10.4. The lowest BCUT2D eigenvalue weighted by Gasteiger charge is -1.91. The number of fused-ring (bicyclic) bond motifs is 1. The summed E-state index contributed by atoms with van der Waals surface area (Å²) in [5.74, 6) is 0. The molecule has 66 valence electrons. The molecule has 1 aliphatic rings. The van der Waals surface area contributed by atoms with Gasteiger partial charge in [0.05, 0.1) is 9.92 Å². The van der Waals surface area contributed by atoms with E-state index in [1.807, 2.05) is 0 Å². The van der Waals surface area contributed by atoms with E-state index >= 15 is 0 Å². The highest BCUT2D eigenvalue weighted by Gasteiger charge is 2.19. The van der Waals surface area contributed by atoms with E-state index in [2.05, 4.69) is 4.98 Å². The van der Waals surface area contributed by atoms with E-state index in [1.165, 1.54) is 0 Å². The Balaban J connectivity index is 2.42. The van der Waals surface area contributed by atoms with Crippen molar-refractivity contribution in [1.29, 1.82) is 0 Å². The highest BCUT2D eigenvalue weighted by molar-refractivity contribution is 9.36. The molecule has 0 aromatic carbocycles. The fraction of sp³-hybridized carbons (Fsp3) is 0. The Morgan fingerprint density at radius 1 is 1.00 bits per heavy atom. The molecule has 1 aliphatic heterocycles. The first-order valence-electron chi connectivity index (χ1n) is 2.70. The van der Waals surface area contributed by atoms with Gasteiger partial charge in [-0.3, -0.25) is 0 Å². The van der Waals surface area contributed by atoms with Gasteiger partial charge in [-0.25, -0.2) is 0 Å². The minimum atomic E-state index is 0.537. The second kappa shape index (κ2) is 4.42. The Bertz CT molecular complexity index is 300. The van der Waals surface area contributed by atoms with Gasteiger partial charge in [0.15, 0.2) is 0 Å². The normalized spacial score (nSPS) is 17.2. The molecule has 1 nitrogen and oxygen atoms in total. The first-order valence-corrected chi connectivity index (χ1v) is 9.61. The lowest BCUT2D eigenvalue weighted by molar-refractivity contribution is 1.14. The van der Waals surface area contributed by atoms with Crippen LogP contribution in [0.4, 0.5) is 0 Å². The van der Waals surface area contributed by atoms with E-state index in [9.17, 15) is 0 Å². The molecule has 0 amide bonds.